The molecule has 1 aromatic carbocycles. The van der Waals surface area contributed by atoms with Crippen molar-refractivity contribution in [2.45, 2.75) is 51.0 Å². The van der Waals surface area contributed by atoms with Gasteiger partial charge in [0.2, 0.25) is 5.91 Å². The molecular weight excluding hydrogens is 328 g/mol. The summed E-state index contributed by atoms with van der Waals surface area (Å²) in [6, 6.07) is 6.53. The number of nitrogens with one attached hydrogen (secondary N) is 1. The number of methoxy groups -OCH3 is 2. The minimum absolute atomic E-state index is 0.146. The Kier molecular flexibility index (Phi) is 6.78. The Morgan fingerprint density at radius 2 is 1.92 bits per heavy atom. The SMILES string of the molecule is COc1ccc(CCC(=O)NC[C@H]2CCCN3CCCC[C@@H]23)cc1OC. The molecule has 26 heavy (non-hydrogen) atoms. The molecule has 0 radical (unpaired) electrons. The molecule has 2 aliphatic rings. The first-order valence-electron chi connectivity index (χ1n) is 9.93. The van der Waals surface area contributed by atoms with Crippen LogP contribution in [-0.2, 0) is 11.2 Å². The van der Waals surface area contributed by atoms with Crippen molar-refractivity contribution in [3.05, 3.63) is 23.8 Å². The summed E-state index contributed by atoms with van der Waals surface area (Å²) >= 11 is 0. The van der Waals surface area contributed by atoms with Crippen LogP contribution in [-0.4, -0.2) is 50.7 Å². The summed E-state index contributed by atoms with van der Waals surface area (Å²) < 4.78 is 10.6. The summed E-state index contributed by atoms with van der Waals surface area (Å²) in [6.07, 6.45) is 7.71. The lowest BCUT2D eigenvalue weighted by atomic mass is 9.83. The Bertz CT molecular complexity index is 603. The van der Waals surface area contributed by atoms with Crippen molar-refractivity contribution < 1.29 is 14.3 Å². The second-order valence-electron chi connectivity index (χ2n) is 7.49. The Morgan fingerprint density at radius 3 is 2.73 bits per heavy atom. The van der Waals surface area contributed by atoms with E-state index in [1.54, 1.807) is 14.2 Å². The van der Waals surface area contributed by atoms with Crippen LogP contribution in [0.25, 0.3) is 0 Å². The summed E-state index contributed by atoms with van der Waals surface area (Å²) in [5.74, 6) is 2.20. The maximum absolute atomic E-state index is 12.3. The summed E-state index contributed by atoms with van der Waals surface area (Å²) in [4.78, 5) is 15.0. The zero-order valence-electron chi connectivity index (χ0n) is 16.1. The zero-order valence-corrected chi connectivity index (χ0v) is 16.1. The molecule has 2 atom stereocenters. The number of carbonyl (C=O) groups excluding carboxylic acids is 1. The Hall–Kier alpha value is -1.75. The minimum Gasteiger partial charge on any atom is -0.493 e. The third-order valence-corrected chi connectivity index (χ3v) is 5.88. The number of hydrogen-bond donors (Lipinski definition) is 1. The van der Waals surface area contributed by atoms with Crippen LogP contribution in [0.2, 0.25) is 0 Å². The first kappa shape index (κ1) is 19.0. The third kappa shape index (κ3) is 4.70. The van der Waals surface area contributed by atoms with E-state index in [0.717, 1.165) is 17.9 Å². The molecule has 2 heterocycles. The average Bonchev–Trinajstić information content (AvgIpc) is 2.70. The van der Waals surface area contributed by atoms with Crippen molar-refractivity contribution in [3.63, 3.8) is 0 Å². The molecule has 1 N–H and O–H groups in total. The molecule has 0 unspecified atom stereocenters. The van der Waals surface area contributed by atoms with E-state index in [2.05, 4.69) is 10.2 Å². The van der Waals surface area contributed by atoms with Crippen LogP contribution >= 0.6 is 0 Å². The number of ether oxygens (including phenoxy) is 2. The number of piperidine rings is 2. The van der Waals surface area contributed by atoms with Gasteiger partial charge in [0.1, 0.15) is 0 Å². The number of benzene rings is 1. The highest BCUT2D eigenvalue weighted by molar-refractivity contribution is 5.76. The van der Waals surface area contributed by atoms with Crippen molar-refractivity contribution in [2.24, 2.45) is 5.92 Å². The van der Waals surface area contributed by atoms with E-state index < -0.39 is 0 Å². The van der Waals surface area contributed by atoms with E-state index in [-0.39, 0.29) is 5.91 Å². The van der Waals surface area contributed by atoms with Gasteiger partial charge in [-0.15, -0.1) is 0 Å². The number of fused-ring (bicyclic) bond motifs is 1. The molecule has 0 aliphatic carbocycles. The summed E-state index contributed by atoms with van der Waals surface area (Å²) in [5, 5.41) is 3.19. The number of aryl methyl sites for hydroxylation is 1. The van der Waals surface area contributed by atoms with Gasteiger partial charge in [-0.2, -0.15) is 0 Å². The number of rotatable bonds is 7. The smallest absolute Gasteiger partial charge is 0.220 e. The van der Waals surface area contributed by atoms with Crippen molar-refractivity contribution in [3.8, 4) is 11.5 Å². The molecule has 1 aromatic rings. The molecule has 2 fully saturated rings. The highest BCUT2D eigenvalue weighted by Gasteiger charge is 2.32. The predicted octanol–water partition coefficient (Wildman–Crippen LogP) is 3.02. The molecule has 144 valence electrons. The van der Waals surface area contributed by atoms with E-state index in [1.165, 1.54) is 45.2 Å². The van der Waals surface area contributed by atoms with Crippen molar-refractivity contribution in [1.29, 1.82) is 0 Å². The standard InChI is InChI=1S/C21H32N2O3/c1-25-19-10-8-16(14-20(19)26-2)9-11-21(24)22-15-17-6-5-13-23-12-4-3-7-18(17)23/h8,10,14,17-18H,3-7,9,11-13,15H2,1-2H3,(H,22,24)/t17-,18+/m1/s1. The number of nitrogens with zero attached hydrogens (tertiary/aromatic N) is 1. The first-order valence-corrected chi connectivity index (χ1v) is 9.93. The summed E-state index contributed by atoms with van der Waals surface area (Å²) in [5.41, 5.74) is 1.09. The fourth-order valence-corrected chi connectivity index (χ4v) is 4.44. The van der Waals surface area contributed by atoms with Crippen LogP contribution in [0.1, 0.15) is 44.1 Å². The van der Waals surface area contributed by atoms with Crippen LogP contribution in [0, 0.1) is 5.92 Å². The molecule has 0 spiro atoms. The van der Waals surface area contributed by atoms with E-state index in [9.17, 15) is 4.79 Å². The lowest BCUT2D eigenvalue weighted by molar-refractivity contribution is -0.121. The van der Waals surface area contributed by atoms with E-state index in [4.69, 9.17) is 9.47 Å². The van der Waals surface area contributed by atoms with Crippen LogP contribution in [0.15, 0.2) is 18.2 Å². The fourth-order valence-electron chi connectivity index (χ4n) is 4.44. The van der Waals surface area contributed by atoms with Gasteiger partial charge in [0.15, 0.2) is 11.5 Å². The lowest BCUT2D eigenvalue weighted by Crippen LogP contribution is -2.51. The number of amides is 1. The minimum atomic E-state index is 0.146. The normalized spacial score (nSPS) is 23.2. The van der Waals surface area contributed by atoms with Gasteiger partial charge in [0.05, 0.1) is 14.2 Å². The predicted molar refractivity (Wildman–Crippen MR) is 103 cm³/mol. The van der Waals surface area contributed by atoms with Gasteiger partial charge in [-0.1, -0.05) is 12.5 Å². The maximum atomic E-state index is 12.3. The summed E-state index contributed by atoms with van der Waals surface area (Å²) in [6.45, 7) is 3.31. The lowest BCUT2D eigenvalue weighted by Gasteiger charge is -2.44. The monoisotopic (exact) mass is 360 g/mol. The van der Waals surface area contributed by atoms with Crippen molar-refractivity contribution in [2.75, 3.05) is 33.9 Å². The van der Waals surface area contributed by atoms with E-state index in [1.807, 2.05) is 18.2 Å². The molecule has 0 bridgehead atoms. The van der Waals surface area contributed by atoms with Crippen LogP contribution in [0.5, 0.6) is 11.5 Å². The zero-order chi connectivity index (χ0) is 18.4. The topological polar surface area (TPSA) is 50.8 Å². The summed E-state index contributed by atoms with van der Waals surface area (Å²) in [7, 11) is 3.26. The molecular formula is C21H32N2O3. The molecule has 5 heteroatoms. The highest BCUT2D eigenvalue weighted by atomic mass is 16.5. The first-order chi connectivity index (χ1) is 12.7. The van der Waals surface area contributed by atoms with Gasteiger partial charge < -0.3 is 19.7 Å². The van der Waals surface area contributed by atoms with Gasteiger partial charge in [0, 0.05) is 19.0 Å². The second kappa shape index (κ2) is 9.26. The van der Waals surface area contributed by atoms with Gasteiger partial charge in [0.25, 0.3) is 0 Å². The van der Waals surface area contributed by atoms with Gasteiger partial charge in [-0.25, -0.2) is 0 Å². The number of hydrogen-bond acceptors (Lipinski definition) is 4. The Labute approximate surface area is 157 Å². The molecule has 2 saturated heterocycles. The third-order valence-electron chi connectivity index (χ3n) is 5.88. The van der Waals surface area contributed by atoms with Crippen molar-refractivity contribution in [1.82, 2.24) is 10.2 Å². The highest BCUT2D eigenvalue weighted by Crippen LogP contribution is 2.30. The van der Waals surface area contributed by atoms with E-state index in [0.29, 0.717) is 30.6 Å². The number of carbonyl (C=O) groups is 1. The largest absolute Gasteiger partial charge is 0.493 e. The molecule has 3 rings (SSSR count). The van der Waals surface area contributed by atoms with Crippen LogP contribution in [0.4, 0.5) is 0 Å². The van der Waals surface area contributed by atoms with Crippen LogP contribution < -0.4 is 14.8 Å². The van der Waals surface area contributed by atoms with Crippen LogP contribution in [0.3, 0.4) is 0 Å². The maximum Gasteiger partial charge on any atom is 0.220 e. The Balaban J connectivity index is 1.45. The van der Waals surface area contributed by atoms with Gasteiger partial charge in [-0.3, -0.25) is 4.79 Å². The Morgan fingerprint density at radius 1 is 1.12 bits per heavy atom. The fraction of sp³-hybridized carbons (Fsp3) is 0.667. The van der Waals surface area contributed by atoms with Gasteiger partial charge >= 0.3 is 0 Å². The quantitative estimate of drug-likeness (QED) is 0.812. The second-order valence-corrected chi connectivity index (χ2v) is 7.49. The van der Waals surface area contributed by atoms with Gasteiger partial charge in [-0.05, 0) is 68.8 Å². The molecule has 0 saturated carbocycles. The molecule has 5 nitrogen and oxygen atoms in total. The molecule has 2 aliphatic heterocycles. The van der Waals surface area contributed by atoms with E-state index >= 15 is 0 Å². The average molecular weight is 360 g/mol. The molecule has 1 amide bonds. The van der Waals surface area contributed by atoms with Crippen molar-refractivity contribution >= 4 is 5.91 Å². The molecule has 0 aromatic heterocycles.